The summed E-state index contributed by atoms with van der Waals surface area (Å²) in [6, 6.07) is 14.5. The number of nitrogens with one attached hydrogen (secondary N) is 3. The van der Waals surface area contributed by atoms with Gasteiger partial charge < -0.3 is 30.7 Å². The molecule has 2 aliphatic rings. The van der Waals surface area contributed by atoms with Crippen molar-refractivity contribution >= 4 is 23.8 Å². The molecule has 41 heavy (non-hydrogen) atoms. The van der Waals surface area contributed by atoms with Gasteiger partial charge in [-0.2, -0.15) is 0 Å². The maximum absolute atomic E-state index is 13.8. The normalized spacial score (nSPS) is 23.9. The van der Waals surface area contributed by atoms with Crippen LogP contribution in [0.5, 0.6) is 5.75 Å². The van der Waals surface area contributed by atoms with Gasteiger partial charge in [0.05, 0.1) is 12.6 Å². The third-order valence-electron chi connectivity index (χ3n) is 7.93. The van der Waals surface area contributed by atoms with E-state index in [1.54, 1.807) is 7.05 Å². The third kappa shape index (κ3) is 8.41. The fourth-order valence-electron chi connectivity index (χ4n) is 5.60. The molecule has 1 fully saturated rings. The van der Waals surface area contributed by atoms with Gasteiger partial charge in [-0.05, 0) is 30.4 Å². The van der Waals surface area contributed by atoms with Gasteiger partial charge in [-0.1, -0.05) is 79.9 Å². The Bertz CT molecular complexity index is 1180. The zero-order valence-corrected chi connectivity index (χ0v) is 23.8. The molecule has 220 valence electrons. The lowest BCUT2D eigenvalue weighted by atomic mass is 9.83. The van der Waals surface area contributed by atoms with Gasteiger partial charge in [-0.15, -0.1) is 0 Å². The highest BCUT2D eigenvalue weighted by Gasteiger charge is 2.36. The summed E-state index contributed by atoms with van der Waals surface area (Å²) in [5.74, 6) is -0.343. The van der Waals surface area contributed by atoms with Crippen LogP contribution in [0.2, 0.25) is 0 Å². The molecule has 0 saturated heterocycles. The predicted molar refractivity (Wildman–Crippen MR) is 158 cm³/mol. The Morgan fingerprint density at radius 3 is 2.44 bits per heavy atom. The van der Waals surface area contributed by atoms with E-state index >= 15 is 0 Å². The molecule has 9 heteroatoms. The number of carbonyl (C=O) groups is 3. The van der Waals surface area contributed by atoms with E-state index in [-0.39, 0.29) is 30.7 Å². The molecular formula is C32H42N4O5. The summed E-state index contributed by atoms with van der Waals surface area (Å²) < 4.78 is 6.06. The first-order valence-corrected chi connectivity index (χ1v) is 14.6. The molecule has 3 atom stereocenters. The molecule has 0 unspecified atom stereocenters. The lowest BCUT2D eigenvalue weighted by molar-refractivity contribution is -0.144. The zero-order chi connectivity index (χ0) is 29.0. The van der Waals surface area contributed by atoms with Crippen LogP contribution >= 0.6 is 0 Å². The third-order valence-corrected chi connectivity index (χ3v) is 7.93. The van der Waals surface area contributed by atoms with Crippen molar-refractivity contribution in [3.8, 4) is 5.75 Å². The Labute approximate surface area is 242 Å². The summed E-state index contributed by atoms with van der Waals surface area (Å²) in [5.41, 5.74) is 1.76. The molecule has 2 aromatic carbocycles. The quantitative estimate of drug-likeness (QED) is 0.454. The van der Waals surface area contributed by atoms with E-state index in [4.69, 9.17) is 4.74 Å². The summed E-state index contributed by atoms with van der Waals surface area (Å²) in [6.45, 7) is 0.491. The van der Waals surface area contributed by atoms with Gasteiger partial charge in [-0.25, -0.2) is 0 Å². The molecule has 0 radical (unpaired) electrons. The molecule has 1 aliphatic heterocycles. The van der Waals surface area contributed by atoms with Gasteiger partial charge in [0.2, 0.25) is 17.7 Å². The van der Waals surface area contributed by atoms with E-state index in [1.807, 2.05) is 66.7 Å². The minimum Gasteiger partial charge on any atom is -0.492 e. The van der Waals surface area contributed by atoms with Crippen molar-refractivity contribution in [3.63, 3.8) is 0 Å². The number of carbonyl (C=O) groups excluding carboxylic acids is 3. The van der Waals surface area contributed by atoms with Crippen LogP contribution in [0.25, 0.3) is 6.08 Å². The Balaban J connectivity index is 1.62. The number of ether oxygens (including phenoxy) is 1. The fourth-order valence-corrected chi connectivity index (χ4v) is 5.60. The molecule has 1 heterocycles. The van der Waals surface area contributed by atoms with Gasteiger partial charge in [0, 0.05) is 32.1 Å². The molecule has 4 rings (SSSR count). The highest BCUT2D eigenvalue weighted by atomic mass is 16.5. The van der Waals surface area contributed by atoms with Gasteiger partial charge in [0.1, 0.15) is 24.4 Å². The lowest BCUT2D eigenvalue weighted by Crippen LogP contribution is -2.59. The number of benzene rings is 2. The first-order chi connectivity index (χ1) is 20.0. The summed E-state index contributed by atoms with van der Waals surface area (Å²) >= 11 is 0. The summed E-state index contributed by atoms with van der Waals surface area (Å²) in [4.78, 5) is 41.9. The second-order valence-corrected chi connectivity index (χ2v) is 10.8. The molecule has 1 saturated carbocycles. The number of amides is 3. The topological polar surface area (TPSA) is 120 Å². The Hall–Kier alpha value is -3.69. The van der Waals surface area contributed by atoms with Crippen LogP contribution in [0.15, 0.2) is 60.7 Å². The highest BCUT2D eigenvalue weighted by molar-refractivity contribution is 5.93. The van der Waals surface area contributed by atoms with Gasteiger partial charge in [0.25, 0.3) is 0 Å². The molecule has 9 nitrogen and oxygen atoms in total. The van der Waals surface area contributed by atoms with Crippen molar-refractivity contribution < 1.29 is 24.2 Å². The number of likely N-dealkylation sites (N-methyl/N-ethyl adjacent to an activating group) is 1. The van der Waals surface area contributed by atoms with Crippen LogP contribution in [0.4, 0.5) is 0 Å². The Morgan fingerprint density at radius 2 is 1.68 bits per heavy atom. The van der Waals surface area contributed by atoms with Gasteiger partial charge in [-0.3, -0.25) is 14.4 Å². The number of rotatable bonds is 4. The van der Waals surface area contributed by atoms with E-state index in [2.05, 4.69) is 16.0 Å². The zero-order valence-electron chi connectivity index (χ0n) is 23.8. The van der Waals surface area contributed by atoms with Crippen molar-refractivity contribution in [2.24, 2.45) is 5.92 Å². The predicted octanol–water partition coefficient (Wildman–Crippen LogP) is 2.29. The Kier molecular flexibility index (Phi) is 11.3. The number of fused-ring (bicyclic) bond motifs is 1. The molecule has 4 N–H and O–H groups in total. The molecule has 0 bridgehead atoms. The maximum Gasteiger partial charge on any atom is 0.245 e. The first kappa shape index (κ1) is 30.3. The highest BCUT2D eigenvalue weighted by Crippen LogP contribution is 2.28. The van der Waals surface area contributed by atoms with Crippen LogP contribution < -0.4 is 20.7 Å². The molecule has 0 aromatic heterocycles. The summed E-state index contributed by atoms with van der Waals surface area (Å²) in [5, 5.41) is 19.3. The molecule has 3 amide bonds. The number of para-hydroxylation sites is 1. The van der Waals surface area contributed by atoms with E-state index in [1.165, 1.54) is 4.90 Å². The maximum atomic E-state index is 13.8. The minimum atomic E-state index is -1.14. The van der Waals surface area contributed by atoms with Crippen LogP contribution in [0.1, 0.15) is 43.2 Å². The second kappa shape index (κ2) is 15.3. The molecular weight excluding hydrogens is 520 g/mol. The lowest BCUT2D eigenvalue weighted by Gasteiger charge is -2.35. The summed E-state index contributed by atoms with van der Waals surface area (Å²) in [6.07, 6.45) is 9.08. The van der Waals surface area contributed by atoms with E-state index in [9.17, 15) is 19.5 Å². The Morgan fingerprint density at radius 1 is 0.951 bits per heavy atom. The monoisotopic (exact) mass is 562 g/mol. The SMILES string of the molecule is CN1C(=O)[C@H](C2CCCCC2)NCCOc2ccccc2C=CCNC(=O)[C@@H](Cc2ccccc2)NC(=O)[C@@H]1CO. The largest absolute Gasteiger partial charge is 0.492 e. The van der Waals surface area contributed by atoms with Gasteiger partial charge >= 0.3 is 0 Å². The van der Waals surface area contributed by atoms with Crippen LogP contribution in [0, 0.1) is 5.92 Å². The number of nitrogens with zero attached hydrogens (tertiary/aromatic N) is 1. The molecule has 2 aromatic rings. The van der Waals surface area contributed by atoms with E-state index in [0.29, 0.717) is 18.9 Å². The molecule has 0 spiro atoms. The van der Waals surface area contributed by atoms with Crippen molar-refractivity contribution in [1.82, 2.24) is 20.9 Å². The average Bonchev–Trinajstić information content (AvgIpc) is 3.00. The van der Waals surface area contributed by atoms with Crippen molar-refractivity contribution in [3.05, 3.63) is 71.8 Å². The van der Waals surface area contributed by atoms with E-state index in [0.717, 1.165) is 43.2 Å². The number of aliphatic hydroxyl groups is 1. The summed E-state index contributed by atoms with van der Waals surface area (Å²) in [7, 11) is 1.54. The van der Waals surface area contributed by atoms with Crippen LogP contribution in [0.3, 0.4) is 0 Å². The fraction of sp³-hybridized carbons (Fsp3) is 0.469. The number of hydrogen-bond acceptors (Lipinski definition) is 6. The van der Waals surface area contributed by atoms with E-state index < -0.39 is 30.6 Å². The second-order valence-electron chi connectivity index (χ2n) is 10.8. The number of hydrogen-bond donors (Lipinski definition) is 4. The minimum absolute atomic E-state index is 0.124. The molecule has 1 aliphatic carbocycles. The van der Waals surface area contributed by atoms with Crippen LogP contribution in [-0.2, 0) is 20.8 Å². The first-order valence-electron chi connectivity index (χ1n) is 14.6. The van der Waals surface area contributed by atoms with Crippen molar-refractivity contribution in [1.29, 1.82) is 0 Å². The van der Waals surface area contributed by atoms with Crippen molar-refractivity contribution in [2.75, 3.05) is 33.4 Å². The average molecular weight is 563 g/mol. The van der Waals surface area contributed by atoms with Crippen molar-refractivity contribution in [2.45, 2.75) is 56.7 Å². The van der Waals surface area contributed by atoms with Gasteiger partial charge in [0.15, 0.2) is 0 Å². The standard InChI is InChI=1S/C32H42N4O5/c1-36-27(22-37)31(39)35-26(21-23-11-4-2-5-12-23)30(38)34-18-10-16-24-13-8-9-17-28(24)41-20-19-33-29(32(36)40)25-14-6-3-7-15-25/h2,4-5,8-13,16-17,25-27,29,33,37H,3,6-7,14-15,18-22H2,1H3,(H,34,38)(H,35,39)/t26-,27+,29+/m1/s1. The number of aliphatic hydroxyl groups excluding tert-OH is 1. The van der Waals surface area contributed by atoms with Crippen LogP contribution in [-0.4, -0.2) is 79.2 Å². The smallest absolute Gasteiger partial charge is 0.245 e.